The average Bonchev–Trinajstić information content (AvgIpc) is 2.44. The quantitative estimate of drug-likeness (QED) is 0.859. The van der Waals surface area contributed by atoms with Gasteiger partial charge in [-0.15, -0.1) is 0 Å². The summed E-state index contributed by atoms with van der Waals surface area (Å²) in [6, 6.07) is 8.58. The van der Waals surface area contributed by atoms with Crippen LogP contribution in [-0.2, 0) is 4.79 Å². The second-order valence-electron chi connectivity index (χ2n) is 6.10. The molecule has 0 aromatic heterocycles. The standard InChI is InChI=1S/C18H28N2O/c1-15-9-7-8-12-17(15)19-14-13-18(21)20-16-10-5-3-2-4-6-11-16/h7-9,12,16,19H,2-6,10-11,13-14H2,1H3,(H,20,21). The van der Waals surface area contributed by atoms with E-state index in [0.29, 0.717) is 19.0 Å². The van der Waals surface area contributed by atoms with Crippen molar-refractivity contribution in [3.05, 3.63) is 29.8 Å². The van der Waals surface area contributed by atoms with Crippen molar-refractivity contribution in [1.29, 1.82) is 0 Å². The highest BCUT2D eigenvalue weighted by molar-refractivity contribution is 5.76. The lowest BCUT2D eigenvalue weighted by molar-refractivity contribution is -0.121. The maximum atomic E-state index is 12.0. The Hall–Kier alpha value is -1.51. The lowest BCUT2D eigenvalue weighted by atomic mass is 9.96. The van der Waals surface area contributed by atoms with E-state index in [1.807, 2.05) is 12.1 Å². The van der Waals surface area contributed by atoms with Crippen LogP contribution >= 0.6 is 0 Å². The van der Waals surface area contributed by atoms with Gasteiger partial charge in [0.25, 0.3) is 0 Å². The molecule has 21 heavy (non-hydrogen) atoms. The third kappa shape index (κ3) is 5.78. The molecular weight excluding hydrogens is 260 g/mol. The first-order valence-corrected chi connectivity index (χ1v) is 8.34. The third-order valence-electron chi connectivity index (χ3n) is 4.28. The summed E-state index contributed by atoms with van der Waals surface area (Å²) in [5.41, 5.74) is 2.34. The molecule has 116 valence electrons. The zero-order chi connectivity index (χ0) is 14.9. The molecule has 2 rings (SSSR count). The molecule has 1 aromatic rings. The van der Waals surface area contributed by atoms with Crippen molar-refractivity contribution < 1.29 is 4.79 Å². The summed E-state index contributed by atoms with van der Waals surface area (Å²) in [4.78, 5) is 12.0. The van der Waals surface area contributed by atoms with Crippen molar-refractivity contribution in [1.82, 2.24) is 5.32 Å². The van der Waals surface area contributed by atoms with Crippen LogP contribution in [0.15, 0.2) is 24.3 Å². The first-order chi connectivity index (χ1) is 10.3. The highest BCUT2D eigenvalue weighted by Gasteiger charge is 2.13. The number of hydrogen-bond acceptors (Lipinski definition) is 2. The van der Waals surface area contributed by atoms with E-state index >= 15 is 0 Å². The molecule has 0 radical (unpaired) electrons. The summed E-state index contributed by atoms with van der Waals surface area (Å²) in [6.45, 7) is 2.78. The van der Waals surface area contributed by atoms with Crippen molar-refractivity contribution in [2.75, 3.05) is 11.9 Å². The molecule has 1 aromatic carbocycles. The van der Waals surface area contributed by atoms with Crippen LogP contribution in [0.1, 0.15) is 56.9 Å². The van der Waals surface area contributed by atoms with E-state index in [1.165, 1.54) is 37.7 Å². The first kappa shape index (κ1) is 15.9. The SMILES string of the molecule is Cc1ccccc1NCCC(=O)NC1CCCCCCC1. The Kier molecular flexibility index (Phi) is 6.58. The van der Waals surface area contributed by atoms with Gasteiger partial charge in [-0.25, -0.2) is 0 Å². The number of aryl methyl sites for hydroxylation is 1. The lowest BCUT2D eigenvalue weighted by Crippen LogP contribution is -2.36. The number of nitrogens with one attached hydrogen (secondary N) is 2. The molecule has 2 N–H and O–H groups in total. The second kappa shape index (κ2) is 8.71. The Balaban J connectivity index is 1.68. The largest absolute Gasteiger partial charge is 0.384 e. The van der Waals surface area contributed by atoms with Gasteiger partial charge in [-0.05, 0) is 31.4 Å². The van der Waals surface area contributed by atoms with Crippen LogP contribution in [0, 0.1) is 6.92 Å². The fourth-order valence-corrected chi connectivity index (χ4v) is 2.98. The van der Waals surface area contributed by atoms with Gasteiger partial charge in [0, 0.05) is 24.7 Å². The molecule has 1 aliphatic carbocycles. The van der Waals surface area contributed by atoms with Crippen LogP contribution in [0.3, 0.4) is 0 Å². The number of rotatable bonds is 5. The van der Waals surface area contributed by atoms with Crippen molar-refractivity contribution in [3.63, 3.8) is 0 Å². The van der Waals surface area contributed by atoms with E-state index < -0.39 is 0 Å². The molecule has 1 fully saturated rings. The first-order valence-electron chi connectivity index (χ1n) is 8.34. The summed E-state index contributed by atoms with van der Waals surface area (Å²) < 4.78 is 0. The molecule has 0 heterocycles. The Labute approximate surface area is 128 Å². The maximum Gasteiger partial charge on any atom is 0.221 e. The molecule has 3 nitrogen and oxygen atoms in total. The van der Waals surface area contributed by atoms with Gasteiger partial charge in [-0.2, -0.15) is 0 Å². The third-order valence-corrected chi connectivity index (χ3v) is 4.28. The number of carbonyl (C=O) groups excluding carboxylic acids is 1. The van der Waals surface area contributed by atoms with Crippen LogP contribution in [-0.4, -0.2) is 18.5 Å². The van der Waals surface area contributed by atoms with Crippen LogP contribution in [0.5, 0.6) is 0 Å². The molecule has 0 saturated heterocycles. The van der Waals surface area contributed by atoms with Gasteiger partial charge in [0.1, 0.15) is 0 Å². The Bertz CT molecular complexity index is 437. The van der Waals surface area contributed by atoms with E-state index in [2.05, 4.69) is 29.7 Å². The number of carbonyl (C=O) groups is 1. The monoisotopic (exact) mass is 288 g/mol. The van der Waals surface area contributed by atoms with Gasteiger partial charge in [-0.1, -0.05) is 50.3 Å². The topological polar surface area (TPSA) is 41.1 Å². The normalized spacial score (nSPS) is 16.8. The van der Waals surface area contributed by atoms with Crippen molar-refractivity contribution in [2.24, 2.45) is 0 Å². The Morgan fingerprint density at radius 3 is 2.48 bits per heavy atom. The zero-order valence-corrected chi connectivity index (χ0v) is 13.2. The predicted octanol–water partition coefficient (Wildman–Crippen LogP) is 4.03. The highest BCUT2D eigenvalue weighted by atomic mass is 16.1. The van der Waals surface area contributed by atoms with Crippen LogP contribution in [0.2, 0.25) is 0 Å². The molecule has 0 unspecified atom stereocenters. The summed E-state index contributed by atoms with van der Waals surface area (Å²) in [7, 11) is 0. The van der Waals surface area contributed by atoms with Gasteiger partial charge in [0.05, 0.1) is 0 Å². The van der Waals surface area contributed by atoms with E-state index in [9.17, 15) is 4.79 Å². The van der Waals surface area contributed by atoms with Gasteiger partial charge < -0.3 is 10.6 Å². The summed E-state index contributed by atoms with van der Waals surface area (Å²) in [5, 5.41) is 6.55. The fraction of sp³-hybridized carbons (Fsp3) is 0.611. The molecule has 1 aliphatic rings. The fourth-order valence-electron chi connectivity index (χ4n) is 2.98. The Morgan fingerprint density at radius 2 is 1.76 bits per heavy atom. The minimum atomic E-state index is 0.182. The highest BCUT2D eigenvalue weighted by Crippen LogP contribution is 2.17. The molecule has 0 atom stereocenters. The number of benzene rings is 1. The second-order valence-corrected chi connectivity index (χ2v) is 6.10. The average molecular weight is 288 g/mol. The minimum Gasteiger partial charge on any atom is -0.384 e. The molecular formula is C18H28N2O. The van der Waals surface area contributed by atoms with Gasteiger partial charge in [0.15, 0.2) is 0 Å². The van der Waals surface area contributed by atoms with Crippen LogP contribution in [0.25, 0.3) is 0 Å². The van der Waals surface area contributed by atoms with Crippen LogP contribution < -0.4 is 10.6 Å². The van der Waals surface area contributed by atoms with E-state index in [4.69, 9.17) is 0 Å². The molecule has 1 saturated carbocycles. The van der Waals surface area contributed by atoms with Gasteiger partial charge in [-0.3, -0.25) is 4.79 Å². The van der Waals surface area contributed by atoms with Crippen molar-refractivity contribution in [2.45, 2.75) is 64.3 Å². The van der Waals surface area contributed by atoms with Gasteiger partial charge in [0.2, 0.25) is 5.91 Å². The van der Waals surface area contributed by atoms with Crippen molar-refractivity contribution in [3.8, 4) is 0 Å². The smallest absolute Gasteiger partial charge is 0.221 e. The molecule has 3 heteroatoms. The van der Waals surface area contributed by atoms with E-state index in [0.717, 1.165) is 18.5 Å². The molecule has 0 aliphatic heterocycles. The maximum absolute atomic E-state index is 12.0. The van der Waals surface area contributed by atoms with Crippen molar-refractivity contribution >= 4 is 11.6 Å². The Morgan fingerprint density at radius 1 is 1.10 bits per heavy atom. The molecule has 0 spiro atoms. The zero-order valence-electron chi connectivity index (χ0n) is 13.2. The van der Waals surface area contributed by atoms with Crippen LogP contribution in [0.4, 0.5) is 5.69 Å². The number of hydrogen-bond donors (Lipinski definition) is 2. The summed E-state index contributed by atoms with van der Waals surface area (Å²) in [6.07, 6.45) is 9.36. The minimum absolute atomic E-state index is 0.182. The summed E-state index contributed by atoms with van der Waals surface area (Å²) >= 11 is 0. The predicted molar refractivity (Wildman–Crippen MR) is 88.5 cm³/mol. The summed E-state index contributed by atoms with van der Waals surface area (Å²) in [5.74, 6) is 0.182. The molecule has 0 bridgehead atoms. The number of anilines is 1. The number of para-hydroxylation sites is 1. The van der Waals surface area contributed by atoms with E-state index in [1.54, 1.807) is 0 Å². The molecule has 1 amide bonds. The van der Waals surface area contributed by atoms with E-state index in [-0.39, 0.29) is 5.91 Å². The number of amides is 1. The lowest BCUT2D eigenvalue weighted by Gasteiger charge is -2.21. The van der Waals surface area contributed by atoms with Gasteiger partial charge >= 0.3 is 0 Å².